The normalized spacial score (nSPS) is 19.1. The average Bonchev–Trinajstić information content (AvgIpc) is 2.28. The zero-order chi connectivity index (χ0) is 13.1. The number of fused-ring (bicyclic) bond motifs is 1. The highest BCUT2D eigenvalue weighted by Gasteiger charge is 2.19. The second-order valence-electron chi connectivity index (χ2n) is 5.58. The Balaban J connectivity index is 2.60. The van der Waals surface area contributed by atoms with E-state index in [0.717, 1.165) is 6.42 Å². The Bertz CT molecular complexity index is 446. The largest absolute Gasteiger partial charge is 0.261 e. The molecular formula is C16H23NS. The molecule has 1 aromatic rings. The number of aromatic nitrogens is 1. The van der Waals surface area contributed by atoms with Gasteiger partial charge >= 0.3 is 0 Å². The van der Waals surface area contributed by atoms with Gasteiger partial charge in [-0.2, -0.15) is 0 Å². The van der Waals surface area contributed by atoms with Gasteiger partial charge in [-0.25, -0.2) is 0 Å². The predicted octanol–water partition coefficient (Wildman–Crippen LogP) is 4.88. The standard InChI is InChI=1S/C16H23NS/c1-11(2)13-7-8-17-15-6-5-9-18-10-14(12(3)4)16(13)15/h7-8,10-12H,5-6,9H2,1-4H3/b14-10-. The minimum absolute atomic E-state index is 0.563. The summed E-state index contributed by atoms with van der Waals surface area (Å²) in [5.74, 6) is 2.34. The fourth-order valence-electron chi connectivity index (χ4n) is 2.48. The van der Waals surface area contributed by atoms with Crippen molar-refractivity contribution in [3.63, 3.8) is 0 Å². The van der Waals surface area contributed by atoms with Crippen LogP contribution in [0.4, 0.5) is 0 Å². The second kappa shape index (κ2) is 5.92. The van der Waals surface area contributed by atoms with Crippen LogP contribution in [-0.2, 0) is 6.42 Å². The Hall–Kier alpha value is -0.760. The van der Waals surface area contributed by atoms with Crippen LogP contribution in [0, 0.1) is 5.92 Å². The summed E-state index contributed by atoms with van der Waals surface area (Å²) < 4.78 is 0. The molecule has 0 unspecified atom stereocenters. The molecule has 0 N–H and O–H groups in total. The summed E-state index contributed by atoms with van der Waals surface area (Å²) in [6.45, 7) is 9.13. The SMILES string of the molecule is CC(C)/C1=C/SCCCc2nccc(C(C)C)c21. The first-order chi connectivity index (χ1) is 8.61. The van der Waals surface area contributed by atoms with Crippen molar-refractivity contribution in [3.05, 3.63) is 34.5 Å². The van der Waals surface area contributed by atoms with Crippen molar-refractivity contribution in [2.24, 2.45) is 5.92 Å². The molecule has 0 radical (unpaired) electrons. The number of pyridine rings is 1. The van der Waals surface area contributed by atoms with Crippen LogP contribution in [0.2, 0.25) is 0 Å². The van der Waals surface area contributed by atoms with Gasteiger partial charge in [0, 0.05) is 17.5 Å². The van der Waals surface area contributed by atoms with E-state index in [0.29, 0.717) is 11.8 Å². The summed E-state index contributed by atoms with van der Waals surface area (Å²) in [5.41, 5.74) is 5.69. The lowest BCUT2D eigenvalue weighted by molar-refractivity contribution is 0.801. The molecule has 2 heteroatoms. The van der Waals surface area contributed by atoms with Gasteiger partial charge in [0.05, 0.1) is 0 Å². The predicted molar refractivity (Wildman–Crippen MR) is 81.9 cm³/mol. The first-order valence-electron chi connectivity index (χ1n) is 6.91. The van der Waals surface area contributed by atoms with E-state index in [-0.39, 0.29) is 0 Å². The summed E-state index contributed by atoms with van der Waals surface area (Å²) in [6.07, 6.45) is 4.34. The molecule has 0 aliphatic carbocycles. The van der Waals surface area contributed by atoms with Gasteiger partial charge in [0.2, 0.25) is 0 Å². The van der Waals surface area contributed by atoms with E-state index in [1.807, 2.05) is 18.0 Å². The summed E-state index contributed by atoms with van der Waals surface area (Å²) in [7, 11) is 0. The third kappa shape index (κ3) is 2.80. The highest BCUT2D eigenvalue weighted by molar-refractivity contribution is 8.02. The molecule has 0 amide bonds. The first-order valence-corrected chi connectivity index (χ1v) is 7.96. The maximum Gasteiger partial charge on any atom is 0.0482 e. The van der Waals surface area contributed by atoms with E-state index < -0.39 is 0 Å². The number of aryl methyl sites for hydroxylation is 1. The van der Waals surface area contributed by atoms with E-state index in [1.165, 1.54) is 34.6 Å². The van der Waals surface area contributed by atoms with Gasteiger partial charge in [0.1, 0.15) is 0 Å². The summed E-state index contributed by atoms with van der Waals surface area (Å²) in [4.78, 5) is 4.65. The second-order valence-corrected chi connectivity index (χ2v) is 6.56. The van der Waals surface area contributed by atoms with Crippen molar-refractivity contribution in [1.29, 1.82) is 0 Å². The highest BCUT2D eigenvalue weighted by atomic mass is 32.2. The zero-order valence-corrected chi connectivity index (χ0v) is 12.7. The van der Waals surface area contributed by atoms with Gasteiger partial charge in [-0.15, -0.1) is 11.8 Å². The first kappa shape index (κ1) is 13.7. The molecule has 0 spiro atoms. The number of allylic oxidation sites excluding steroid dienone is 1. The Labute approximate surface area is 115 Å². The van der Waals surface area contributed by atoms with Crippen molar-refractivity contribution in [1.82, 2.24) is 4.98 Å². The lowest BCUT2D eigenvalue weighted by Crippen LogP contribution is -2.09. The molecule has 1 aliphatic heterocycles. The van der Waals surface area contributed by atoms with Crippen LogP contribution in [0.5, 0.6) is 0 Å². The molecule has 2 heterocycles. The van der Waals surface area contributed by atoms with Crippen LogP contribution < -0.4 is 0 Å². The van der Waals surface area contributed by atoms with Crippen LogP contribution in [0.25, 0.3) is 5.57 Å². The summed E-state index contributed by atoms with van der Waals surface area (Å²) >= 11 is 1.96. The third-order valence-corrected chi connectivity index (χ3v) is 4.43. The number of hydrogen-bond acceptors (Lipinski definition) is 2. The topological polar surface area (TPSA) is 12.9 Å². The van der Waals surface area contributed by atoms with Crippen molar-refractivity contribution in [2.75, 3.05) is 5.75 Å². The fourth-order valence-corrected chi connectivity index (χ4v) is 3.48. The molecule has 1 aromatic heterocycles. The van der Waals surface area contributed by atoms with Crippen molar-refractivity contribution in [2.45, 2.75) is 46.5 Å². The molecule has 2 rings (SSSR count). The van der Waals surface area contributed by atoms with E-state index in [4.69, 9.17) is 0 Å². The smallest absolute Gasteiger partial charge is 0.0482 e. The molecule has 0 bridgehead atoms. The molecular weight excluding hydrogens is 238 g/mol. The van der Waals surface area contributed by atoms with Gasteiger partial charge < -0.3 is 0 Å². The maximum absolute atomic E-state index is 4.65. The van der Waals surface area contributed by atoms with Crippen molar-refractivity contribution in [3.8, 4) is 0 Å². The van der Waals surface area contributed by atoms with E-state index >= 15 is 0 Å². The Morgan fingerprint density at radius 3 is 2.61 bits per heavy atom. The lowest BCUT2D eigenvalue weighted by atomic mass is 9.86. The van der Waals surface area contributed by atoms with Gasteiger partial charge in [0.15, 0.2) is 0 Å². The van der Waals surface area contributed by atoms with Gasteiger partial charge in [-0.3, -0.25) is 4.98 Å². The molecule has 0 fully saturated rings. The minimum atomic E-state index is 0.563. The number of hydrogen-bond donors (Lipinski definition) is 0. The molecule has 98 valence electrons. The summed E-state index contributed by atoms with van der Waals surface area (Å²) in [6, 6.07) is 2.20. The maximum atomic E-state index is 4.65. The molecule has 0 saturated heterocycles. The highest BCUT2D eigenvalue weighted by Crippen LogP contribution is 2.35. The Morgan fingerprint density at radius 1 is 1.17 bits per heavy atom. The molecule has 18 heavy (non-hydrogen) atoms. The van der Waals surface area contributed by atoms with Crippen LogP contribution in [0.15, 0.2) is 17.7 Å². The Kier molecular flexibility index (Phi) is 4.50. The molecule has 1 aliphatic rings. The zero-order valence-electron chi connectivity index (χ0n) is 11.9. The van der Waals surface area contributed by atoms with E-state index in [9.17, 15) is 0 Å². The Morgan fingerprint density at radius 2 is 1.94 bits per heavy atom. The quantitative estimate of drug-likeness (QED) is 0.752. The molecule has 0 saturated carbocycles. The molecule has 1 nitrogen and oxygen atoms in total. The van der Waals surface area contributed by atoms with Crippen LogP contribution in [0.1, 0.15) is 56.9 Å². The van der Waals surface area contributed by atoms with Crippen molar-refractivity contribution < 1.29 is 0 Å². The van der Waals surface area contributed by atoms with Crippen LogP contribution in [0.3, 0.4) is 0 Å². The summed E-state index contributed by atoms with van der Waals surface area (Å²) in [5, 5.41) is 2.37. The van der Waals surface area contributed by atoms with Crippen LogP contribution in [-0.4, -0.2) is 10.7 Å². The minimum Gasteiger partial charge on any atom is -0.261 e. The van der Waals surface area contributed by atoms with Crippen LogP contribution >= 0.6 is 11.8 Å². The van der Waals surface area contributed by atoms with Gasteiger partial charge in [-0.05, 0) is 53.0 Å². The lowest BCUT2D eigenvalue weighted by Gasteiger charge is -2.23. The number of thioether (sulfide) groups is 1. The van der Waals surface area contributed by atoms with Gasteiger partial charge in [-0.1, -0.05) is 27.7 Å². The number of rotatable bonds is 2. The van der Waals surface area contributed by atoms with Gasteiger partial charge in [0.25, 0.3) is 0 Å². The van der Waals surface area contributed by atoms with E-state index in [2.05, 4.69) is 44.2 Å². The average molecular weight is 261 g/mol. The van der Waals surface area contributed by atoms with Crippen molar-refractivity contribution >= 4 is 17.3 Å². The number of nitrogens with zero attached hydrogens (tertiary/aromatic N) is 1. The fraction of sp³-hybridized carbons (Fsp3) is 0.562. The monoisotopic (exact) mass is 261 g/mol. The third-order valence-electron chi connectivity index (χ3n) is 3.48. The molecule has 0 aromatic carbocycles. The molecule has 0 atom stereocenters. The van der Waals surface area contributed by atoms with E-state index in [1.54, 1.807) is 0 Å².